The summed E-state index contributed by atoms with van der Waals surface area (Å²) in [4.78, 5) is 7.95. The van der Waals surface area contributed by atoms with E-state index in [0.717, 1.165) is 33.7 Å². The van der Waals surface area contributed by atoms with E-state index >= 15 is 0 Å². The molecule has 0 spiro atoms. The number of nitrogens with two attached hydrogens (primary N) is 1. The Labute approximate surface area is 111 Å². The molecular weight excluding hydrogens is 238 g/mol. The van der Waals surface area contributed by atoms with Crippen LogP contribution in [-0.2, 0) is 6.54 Å². The largest absolute Gasteiger partial charge is 0.497 e. The van der Waals surface area contributed by atoms with Crippen molar-refractivity contribution in [2.45, 2.75) is 6.54 Å². The second kappa shape index (κ2) is 4.74. The number of para-hydroxylation sites is 1. The monoisotopic (exact) mass is 253 g/mol. The Morgan fingerprint density at radius 2 is 1.95 bits per heavy atom. The highest BCUT2D eigenvalue weighted by molar-refractivity contribution is 5.82. The maximum Gasteiger partial charge on any atom is 0.138 e. The summed E-state index contributed by atoms with van der Waals surface area (Å²) >= 11 is 0. The van der Waals surface area contributed by atoms with Crippen LogP contribution in [0.5, 0.6) is 5.75 Å². The third-order valence-electron chi connectivity index (χ3n) is 3.18. The van der Waals surface area contributed by atoms with E-state index in [1.165, 1.54) is 0 Å². The van der Waals surface area contributed by atoms with Gasteiger partial charge in [-0.15, -0.1) is 0 Å². The van der Waals surface area contributed by atoms with Gasteiger partial charge in [0, 0.05) is 12.1 Å². The summed E-state index contributed by atoms with van der Waals surface area (Å²) in [7, 11) is 1.66. The lowest BCUT2D eigenvalue weighted by atomic mass is 10.2. The molecule has 19 heavy (non-hydrogen) atoms. The first kappa shape index (κ1) is 11.7. The van der Waals surface area contributed by atoms with Crippen LogP contribution in [0.4, 0.5) is 0 Å². The van der Waals surface area contributed by atoms with Crippen LogP contribution in [0.2, 0.25) is 0 Å². The van der Waals surface area contributed by atoms with Crippen LogP contribution < -0.4 is 10.5 Å². The van der Waals surface area contributed by atoms with Gasteiger partial charge in [0.1, 0.15) is 11.6 Å². The summed E-state index contributed by atoms with van der Waals surface area (Å²) < 4.78 is 5.15. The SMILES string of the molecule is COc1ccc(-c2nc3c(CN)cccc3[nH]2)cc1. The van der Waals surface area contributed by atoms with Gasteiger partial charge in [0.15, 0.2) is 0 Å². The Morgan fingerprint density at radius 1 is 1.16 bits per heavy atom. The van der Waals surface area contributed by atoms with Crippen LogP contribution in [0.1, 0.15) is 5.56 Å². The van der Waals surface area contributed by atoms with Crippen molar-refractivity contribution in [1.29, 1.82) is 0 Å². The van der Waals surface area contributed by atoms with E-state index in [2.05, 4.69) is 9.97 Å². The molecule has 0 atom stereocenters. The number of aromatic amines is 1. The van der Waals surface area contributed by atoms with E-state index in [4.69, 9.17) is 10.5 Å². The summed E-state index contributed by atoms with van der Waals surface area (Å²) in [6.07, 6.45) is 0. The summed E-state index contributed by atoms with van der Waals surface area (Å²) in [6.45, 7) is 0.490. The third-order valence-corrected chi connectivity index (χ3v) is 3.18. The molecule has 0 amide bonds. The molecule has 0 unspecified atom stereocenters. The van der Waals surface area contributed by atoms with E-state index in [1.54, 1.807) is 7.11 Å². The fraction of sp³-hybridized carbons (Fsp3) is 0.133. The van der Waals surface area contributed by atoms with Crippen molar-refractivity contribution in [2.75, 3.05) is 7.11 Å². The van der Waals surface area contributed by atoms with E-state index in [0.29, 0.717) is 6.54 Å². The summed E-state index contributed by atoms with van der Waals surface area (Å²) in [6, 6.07) is 13.8. The van der Waals surface area contributed by atoms with Crippen LogP contribution in [0.15, 0.2) is 42.5 Å². The highest BCUT2D eigenvalue weighted by Gasteiger charge is 2.08. The molecule has 2 aromatic carbocycles. The molecule has 0 aliphatic heterocycles. The summed E-state index contributed by atoms with van der Waals surface area (Å²) in [5, 5.41) is 0. The van der Waals surface area contributed by atoms with Crippen molar-refractivity contribution in [2.24, 2.45) is 5.73 Å². The number of methoxy groups -OCH3 is 1. The van der Waals surface area contributed by atoms with Crippen molar-refractivity contribution in [3.05, 3.63) is 48.0 Å². The smallest absolute Gasteiger partial charge is 0.138 e. The van der Waals surface area contributed by atoms with Gasteiger partial charge in [-0.25, -0.2) is 4.98 Å². The van der Waals surface area contributed by atoms with Gasteiger partial charge in [-0.2, -0.15) is 0 Å². The molecule has 0 saturated heterocycles. The molecule has 1 aromatic heterocycles. The number of hydrogen-bond donors (Lipinski definition) is 2. The van der Waals surface area contributed by atoms with Crippen LogP contribution in [0, 0.1) is 0 Å². The van der Waals surface area contributed by atoms with E-state index in [1.807, 2.05) is 42.5 Å². The predicted molar refractivity (Wildman–Crippen MR) is 76.0 cm³/mol. The van der Waals surface area contributed by atoms with Crippen molar-refractivity contribution in [3.8, 4) is 17.1 Å². The number of nitrogens with zero attached hydrogens (tertiary/aromatic N) is 1. The molecule has 1 heterocycles. The molecule has 0 radical (unpaired) electrons. The zero-order chi connectivity index (χ0) is 13.2. The predicted octanol–water partition coefficient (Wildman–Crippen LogP) is 2.70. The minimum absolute atomic E-state index is 0.490. The molecule has 3 aromatic rings. The van der Waals surface area contributed by atoms with Gasteiger partial charge in [0.2, 0.25) is 0 Å². The lowest BCUT2D eigenvalue weighted by Gasteiger charge is -2.00. The number of H-pyrrole nitrogens is 1. The second-order valence-corrected chi connectivity index (χ2v) is 4.33. The van der Waals surface area contributed by atoms with Gasteiger partial charge in [-0.3, -0.25) is 0 Å². The highest BCUT2D eigenvalue weighted by Crippen LogP contribution is 2.24. The van der Waals surface area contributed by atoms with Gasteiger partial charge >= 0.3 is 0 Å². The van der Waals surface area contributed by atoms with E-state index < -0.39 is 0 Å². The molecule has 3 N–H and O–H groups in total. The van der Waals surface area contributed by atoms with Crippen LogP contribution in [0.25, 0.3) is 22.4 Å². The maximum atomic E-state index is 5.73. The van der Waals surface area contributed by atoms with Crippen LogP contribution >= 0.6 is 0 Å². The Balaban J connectivity index is 2.09. The van der Waals surface area contributed by atoms with Gasteiger partial charge in [0.05, 0.1) is 18.1 Å². The Hall–Kier alpha value is -2.33. The number of aromatic nitrogens is 2. The van der Waals surface area contributed by atoms with Crippen molar-refractivity contribution < 1.29 is 4.74 Å². The number of fused-ring (bicyclic) bond motifs is 1. The van der Waals surface area contributed by atoms with Crippen molar-refractivity contribution in [3.63, 3.8) is 0 Å². The number of rotatable bonds is 3. The first-order chi connectivity index (χ1) is 9.31. The first-order valence-electron chi connectivity index (χ1n) is 6.14. The molecule has 4 heteroatoms. The number of ether oxygens (including phenoxy) is 1. The number of hydrogen-bond acceptors (Lipinski definition) is 3. The van der Waals surface area contributed by atoms with Crippen molar-refractivity contribution in [1.82, 2.24) is 9.97 Å². The summed E-state index contributed by atoms with van der Waals surface area (Å²) in [5.41, 5.74) is 9.76. The lowest BCUT2D eigenvalue weighted by molar-refractivity contribution is 0.415. The average molecular weight is 253 g/mol. The fourth-order valence-corrected chi connectivity index (χ4v) is 2.14. The Bertz CT molecular complexity index is 701. The molecule has 0 bridgehead atoms. The highest BCUT2D eigenvalue weighted by atomic mass is 16.5. The van der Waals surface area contributed by atoms with Gasteiger partial charge in [0.25, 0.3) is 0 Å². The van der Waals surface area contributed by atoms with E-state index in [9.17, 15) is 0 Å². The molecule has 96 valence electrons. The molecule has 0 saturated carbocycles. The van der Waals surface area contributed by atoms with Crippen LogP contribution in [-0.4, -0.2) is 17.1 Å². The number of benzene rings is 2. The number of nitrogens with one attached hydrogen (secondary N) is 1. The molecule has 0 fully saturated rings. The zero-order valence-electron chi connectivity index (χ0n) is 10.7. The first-order valence-corrected chi connectivity index (χ1v) is 6.14. The fourth-order valence-electron chi connectivity index (χ4n) is 2.14. The molecular formula is C15H15N3O. The maximum absolute atomic E-state index is 5.73. The third kappa shape index (κ3) is 2.06. The van der Waals surface area contributed by atoms with Crippen LogP contribution in [0.3, 0.4) is 0 Å². The average Bonchev–Trinajstić information content (AvgIpc) is 2.91. The molecule has 4 nitrogen and oxygen atoms in total. The quantitative estimate of drug-likeness (QED) is 0.754. The van der Waals surface area contributed by atoms with Gasteiger partial charge in [-0.05, 0) is 35.9 Å². The standard InChI is InChI=1S/C15H15N3O/c1-19-12-7-5-10(6-8-12)15-17-13-4-2-3-11(9-16)14(13)18-15/h2-8H,9,16H2,1H3,(H,17,18). The second-order valence-electron chi connectivity index (χ2n) is 4.33. The normalized spacial score (nSPS) is 10.8. The summed E-state index contributed by atoms with van der Waals surface area (Å²) in [5.74, 6) is 1.68. The topological polar surface area (TPSA) is 63.9 Å². The van der Waals surface area contributed by atoms with E-state index in [-0.39, 0.29) is 0 Å². The Morgan fingerprint density at radius 3 is 2.63 bits per heavy atom. The lowest BCUT2D eigenvalue weighted by Crippen LogP contribution is -1.96. The minimum Gasteiger partial charge on any atom is -0.497 e. The van der Waals surface area contributed by atoms with Gasteiger partial charge in [-0.1, -0.05) is 12.1 Å². The Kier molecular flexibility index (Phi) is 2.93. The zero-order valence-corrected chi connectivity index (χ0v) is 10.7. The number of imidazole rings is 1. The van der Waals surface area contributed by atoms with Gasteiger partial charge < -0.3 is 15.5 Å². The van der Waals surface area contributed by atoms with Crippen molar-refractivity contribution >= 4 is 11.0 Å². The molecule has 3 rings (SSSR count). The molecule has 0 aliphatic carbocycles. The molecule has 0 aliphatic rings. The minimum atomic E-state index is 0.490.